The number of carbonyl (C=O) groups is 3. The molecule has 0 aromatic heterocycles. The van der Waals surface area contributed by atoms with Gasteiger partial charge in [-0.1, -0.05) is 45.0 Å². The second-order valence-electron chi connectivity index (χ2n) is 7.64. The molecule has 0 saturated carbocycles. The summed E-state index contributed by atoms with van der Waals surface area (Å²) < 4.78 is 5.65. The first-order valence-electron chi connectivity index (χ1n) is 10.2. The molecule has 3 amide bonds. The first kappa shape index (κ1) is 22.6. The number of hydrogen-bond acceptors (Lipinski definition) is 5. The van der Waals surface area contributed by atoms with Crippen molar-refractivity contribution in [3.63, 3.8) is 0 Å². The van der Waals surface area contributed by atoms with E-state index in [0.29, 0.717) is 23.1 Å². The van der Waals surface area contributed by atoms with Crippen LogP contribution in [-0.2, 0) is 16.0 Å². The van der Waals surface area contributed by atoms with Gasteiger partial charge >= 0.3 is 0 Å². The molecule has 6 nitrogen and oxygen atoms in total. The predicted molar refractivity (Wildman–Crippen MR) is 124 cm³/mol. The Morgan fingerprint density at radius 1 is 1.10 bits per heavy atom. The summed E-state index contributed by atoms with van der Waals surface area (Å²) in [5, 5.41) is 2.27. The molecule has 1 aliphatic rings. The van der Waals surface area contributed by atoms with Crippen molar-refractivity contribution in [2.24, 2.45) is 5.92 Å². The molecule has 2 aromatic rings. The summed E-state index contributed by atoms with van der Waals surface area (Å²) in [4.78, 5) is 38.5. The number of thioether (sulfide) groups is 1. The number of imide groups is 1. The highest BCUT2D eigenvalue weighted by molar-refractivity contribution is 8.18. The molecule has 1 saturated heterocycles. The normalized spacial score (nSPS) is 15.1. The van der Waals surface area contributed by atoms with E-state index in [0.717, 1.165) is 40.0 Å². The quantitative estimate of drug-likeness (QED) is 0.590. The van der Waals surface area contributed by atoms with Crippen LogP contribution in [0, 0.1) is 5.92 Å². The monoisotopic (exact) mass is 438 g/mol. The van der Waals surface area contributed by atoms with Gasteiger partial charge in [0, 0.05) is 5.69 Å². The summed E-state index contributed by atoms with van der Waals surface area (Å²) in [7, 11) is 0. The molecular weight excluding hydrogens is 412 g/mol. The van der Waals surface area contributed by atoms with Crippen LogP contribution in [0.4, 0.5) is 10.5 Å². The molecule has 31 heavy (non-hydrogen) atoms. The molecule has 0 radical (unpaired) electrons. The number of anilines is 1. The van der Waals surface area contributed by atoms with Gasteiger partial charge in [0.05, 0.1) is 11.5 Å². The van der Waals surface area contributed by atoms with Crippen LogP contribution < -0.4 is 10.1 Å². The van der Waals surface area contributed by atoms with Crippen LogP contribution in [0.15, 0.2) is 53.4 Å². The van der Waals surface area contributed by atoms with Crippen LogP contribution in [-0.4, -0.2) is 35.1 Å². The lowest BCUT2D eigenvalue weighted by atomic mass is 10.1. The summed E-state index contributed by atoms with van der Waals surface area (Å²) in [5.74, 6) is 0.299. The highest BCUT2D eigenvalue weighted by Crippen LogP contribution is 2.32. The second-order valence-corrected chi connectivity index (χ2v) is 8.63. The number of nitrogens with one attached hydrogen (secondary N) is 1. The van der Waals surface area contributed by atoms with Gasteiger partial charge in [-0.2, -0.15) is 0 Å². The molecular formula is C24H26N2O4S. The third-order valence-electron chi connectivity index (χ3n) is 4.58. The lowest BCUT2D eigenvalue weighted by molar-refractivity contribution is -0.127. The summed E-state index contributed by atoms with van der Waals surface area (Å²) in [6.07, 6.45) is 2.56. The van der Waals surface area contributed by atoms with Gasteiger partial charge < -0.3 is 10.1 Å². The highest BCUT2D eigenvalue weighted by Gasteiger charge is 2.36. The molecule has 1 heterocycles. The van der Waals surface area contributed by atoms with Gasteiger partial charge in [-0.25, -0.2) is 0 Å². The van der Waals surface area contributed by atoms with E-state index in [-0.39, 0.29) is 6.54 Å². The fourth-order valence-electron chi connectivity index (χ4n) is 2.88. The Labute approximate surface area is 186 Å². The van der Waals surface area contributed by atoms with Gasteiger partial charge in [0.25, 0.3) is 11.1 Å². The topological polar surface area (TPSA) is 75.7 Å². The molecule has 7 heteroatoms. The van der Waals surface area contributed by atoms with Crippen LogP contribution in [0.25, 0.3) is 6.08 Å². The fourth-order valence-corrected chi connectivity index (χ4v) is 3.72. The Hall–Kier alpha value is -3.06. The van der Waals surface area contributed by atoms with Gasteiger partial charge in [-0.15, -0.1) is 0 Å². The van der Waals surface area contributed by atoms with Gasteiger partial charge in [-0.05, 0) is 65.6 Å². The number of nitrogens with zero attached hydrogens (tertiary/aromatic N) is 1. The van der Waals surface area contributed by atoms with Crippen molar-refractivity contribution in [3.8, 4) is 5.75 Å². The molecule has 0 bridgehead atoms. The first-order valence-corrected chi connectivity index (χ1v) is 11.0. The van der Waals surface area contributed by atoms with E-state index in [2.05, 4.69) is 26.1 Å². The maximum Gasteiger partial charge on any atom is 0.294 e. The molecule has 162 valence electrons. The van der Waals surface area contributed by atoms with Gasteiger partial charge in [0.2, 0.25) is 5.91 Å². The van der Waals surface area contributed by atoms with E-state index in [1.54, 1.807) is 18.2 Å². The van der Waals surface area contributed by atoms with Gasteiger partial charge in [-0.3, -0.25) is 19.3 Å². The number of rotatable bonds is 8. The lowest BCUT2D eigenvalue weighted by Gasteiger charge is -2.12. The van der Waals surface area contributed by atoms with Gasteiger partial charge in [0.1, 0.15) is 12.3 Å². The smallest absolute Gasteiger partial charge is 0.294 e. The average molecular weight is 439 g/mol. The summed E-state index contributed by atoms with van der Waals surface area (Å²) in [6.45, 7) is 6.51. The zero-order valence-corrected chi connectivity index (χ0v) is 18.7. The zero-order valence-electron chi connectivity index (χ0n) is 17.9. The Balaban J connectivity index is 1.61. The Bertz CT molecular complexity index is 982. The molecule has 0 unspecified atom stereocenters. The number of amides is 3. The molecule has 0 spiro atoms. The zero-order chi connectivity index (χ0) is 22.4. The average Bonchev–Trinajstić information content (AvgIpc) is 3.01. The van der Waals surface area contributed by atoms with Crippen LogP contribution in [0.3, 0.4) is 0 Å². The minimum absolute atomic E-state index is 0.293. The van der Waals surface area contributed by atoms with E-state index in [9.17, 15) is 14.4 Å². The van der Waals surface area contributed by atoms with Crippen molar-refractivity contribution in [1.82, 2.24) is 4.90 Å². The molecule has 3 rings (SSSR count). The van der Waals surface area contributed by atoms with Crippen LogP contribution in [0.1, 0.15) is 31.9 Å². The highest BCUT2D eigenvalue weighted by atomic mass is 32.2. The maximum atomic E-state index is 12.6. The first-order chi connectivity index (χ1) is 14.9. The molecule has 2 aromatic carbocycles. The van der Waals surface area contributed by atoms with E-state index < -0.39 is 17.1 Å². The Kier molecular flexibility index (Phi) is 7.52. The minimum atomic E-state index is -0.466. The van der Waals surface area contributed by atoms with E-state index in [1.807, 2.05) is 36.4 Å². The van der Waals surface area contributed by atoms with Crippen molar-refractivity contribution < 1.29 is 19.1 Å². The molecule has 0 atom stereocenters. The van der Waals surface area contributed by atoms with Gasteiger partial charge in [0.15, 0.2) is 0 Å². The number of ether oxygens (including phenoxy) is 1. The molecule has 1 aliphatic heterocycles. The van der Waals surface area contributed by atoms with Crippen LogP contribution >= 0.6 is 11.8 Å². The van der Waals surface area contributed by atoms with E-state index >= 15 is 0 Å². The Morgan fingerprint density at radius 2 is 1.77 bits per heavy atom. The van der Waals surface area contributed by atoms with Crippen LogP contribution in [0.2, 0.25) is 0 Å². The van der Waals surface area contributed by atoms with Crippen molar-refractivity contribution in [1.29, 1.82) is 0 Å². The third kappa shape index (κ3) is 6.21. The van der Waals surface area contributed by atoms with E-state index in [1.165, 1.54) is 0 Å². The number of hydrogen-bond donors (Lipinski definition) is 1. The number of benzene rings is 2. The fraction of sp³-hybridized carbons (Fsp3) is 0.292. The van der Waals surface area contributed by atoms with Crippen molar-refractivity contribution in [2.75, 3.05) is 18.5 Å². The minimum Gasteiger partial charge on any atom is -0.493 e. The summed E-state index contributed by atoms with van der Waals surface area (Å²) in [5.41, 5.74) is 2.57. The third-order valence-corrected chi connectivity index (χ3v) is 5.49. The second kappa shape index (κ2) is 10.3. The summed E-state index contributed by atoms with van der Waals surface area (Å²) >= 11 is 0.836. The number of aryl methyl sites for hydroxylation is 1. The lowest BCUT2D eigenvalue weighted by Crippen LogP contribution is -2.36. The molecule has 0 aliphatic carbocycles. The van der Waals surface area contributed by atoms with Crippen molar-refractivity contribution >= 4 is 40.6 Å². The largest absolute Gasteiger partial charge is 0.493 e. The van der Waals surface area contributed by atoms with Crippen LogP contribution in [0.5, 0.6) is 5.75 Å². The predicted octanol–water partition coefficient (Wildman–Crippen LogP) is 4.96. The standard InChI is InChI=1S/C24H26N2O4S/c1-4-17-5-9-19(10-6-17)25-22(27)14-26-23(28)21(31-24(26)29)13-18-7-11-20(12-8-18)30-15-16(2)3/h5-13,16H,4,14-15H2,1-3H3,(H,25,27)/b21-13-. The van der Waals surface area contributed by atoms with Crippen molar-refractivity contribution in [3.05, 3.63) is 64.6 Å². The Morgan fingerprint density at radius 3 is 2.39 bits per heavy atom. The molecule has 1 N–H and O–H groups in total. The van der Waals surface area contributed by atoms with Crippen molar-refractivity contribution in [2.45, 2.75) is 27.2 Å². The maximum absolute atomic E-state index is 12.6. The SMILES string of the molecule is CCc1ccc(NC(=O)CN2C(=O)S/C(=C\c3ccc(OCC(C)C)cc3)C2=O)cc1. The molecule has 1 fully saturated rings. The van der Waals surface area contributed by atoms with E-state index in [4.69, 9.17) is 4.74 Å². The summed E-state index contributed by atoms with van der Waals surface area (Å²) in [6, 6.07) is 14.8. The number of carbonyl (C=O) groups excluding carboxylic acids is 3.